The van der Waals surface area contributed by atoms with E-state index in [-0.39, 0.29) is 11.0 Å². The molecule has 1 rings (SSSR count). The van der Waals surface area contributed by atoms with Gasteiger partial charge in [0.25, 0.3) is 0 Å². The molecule has 0 aromatic rings. The maximum atomic E-state index is 11.8. The monoisotopic (exact) mass is 249 g/mol. The first kappa shape index (κ1) is 13.1. The summed E-state index contributed by atoms with van der Waals surface area (Å²) in [5.74, 6) is -1.67. The van der Waals surface area contributed by atoms with Crippen molar-refractivity contribution in [2.45, 2.75) is 24.6 Å². The van der Waals surface area contributed by atoms with E-state index in [1.54, 1.807) is 0 Å². The van der Waals surface area contributed by atoms with E-state index in [0.29, 0.717) is 19.6 Å². The van der Waals surface area contributed by atoms with Crippen LogP contribution < -0.4 is 5.32 Å². The summed E-state index contributed by atoms with van der Waals surface area (Å²) < 4.78 is 16.8. The maximum absolute atomic E-state index is 11.8. The predicted octanol–water partition coefficient (Wildman–Crippen LogP) is -0.887. The summed E-state index contributed by atoms with van der Waals surface area (Å²) in [6.45, 7) is 2.20. The van der Waals surface area contributed by atoms with Crippen molar-refractivity contribution in [1.82, 2.24) is 5.32 Å². The summed E-state index contributed by atoms with van der Waals surface area (Å²) in [5.41, 5.74) is 0. The number of carboxylic acid groups (broad SMARTS) is 1. The van der Waals surface area contributed by atoms with Gasteiger partial charge in [-0.15, -0.1) is 0 Å². The van der Waals surface area contributed by atoms with Crippen molar-refractivity contribution in [2.75, 3.05) is 19.0 Å². The second-order valence-electron chi connectivity index (χ2n) is 3.62. The second-order valence-corrected chi connectivity index (χ2v) is 5.39. The van der Waals surface area contributed by atoms with Crippen LogP contribution in [0.5, 0.6) is 0 Å². The third-order valence-electron chi connectivity index (χ3n) is 2.27. The Bertz CT molecular complexity index is 300. The molecule has 1 saturated heterocycles. The first-order chi connectivity index (χ1) is 7.50. The smallest absolute Gasteiger partial charge is 0.327 e. The molecule has 2 N–H and O–H groups in total. The Labute approximate surface area is 95.8 Å². The molecule has 0 aliphatic carbocycles. The summed E-state index contributed by atoms with van der Waals surface area (Å²) in [7, 11) is -1.28. The highest BCUT2D eigenvalue weighted by Crippen LogP contribution is 2.11. The summed E-state index contributed by atoms with van der Waals surface area (Å²) in [6.07, 6.45) is 0.680. The van der Waals surface area contributed by atoms with Crippen molar-refractivity contribution in [3.8, 4) is 0 Å². The van der Waals surface area contributed by atoms with Gasteiger partial charge in [-0.25, -0.2) is 4.79 Å². The second kappa shape index (κ2) is 5.95. The zero-order valence-corrected chi connectivity index (χ0v) is 9.79. The molecule has 0 radical (unpaired) electrons. The molecule has 3 atom stereocenters. The van der Waals surface area contributed by atoms with Crippen LogP contribution in [-0.2, 0) is 25.1 Å². The molecule has 1 heterocycles. The van der Waals surface area contributed by atoms with Gasteiger partial charge in [-0.2, -0.15) is 0 Å². The molecule has 1 amide bonds. The van der Waals surface area contributed by atoms with Gasteiger partial charge in [0.05, 0.1) is 17.6 Å². The molecule has 1 aliphatic heterocycles. The Morgan fingerprint density at radius 3 is 2.75 bits per heavy atom. The molecular weight excluding hydrogens is 234 g/mol. The van der Waals surface area contributed by atoms with E-state index in [9.17, 15) is 13.8 Å². The standard InChI is InChI=1S/C9H15NO5S/c1-6(11)10-8(9(12)13)5-16(14)7-2-3-15-4-7/h7-8H,2-5H2,1H3,(H,10,11)(H,12,13)/t7?,8-,16?/m0/s1. The summed E-state index contributed by atoms with van der Waals surface area (Å²) >= 11 is 0. The topological polar surface area (TPSA) is 92.7 Å². The molecule has 0 bridgehead atoms. The van der Waals surface area contributed by atoms with Crippen molar-refractivity contribution >= 4 is 22.7 Å². The number of aliphatic carboxylic acids is 1. The first-order valence-corrected chi connectivity index (χ1v) is 6.33. The van der Waals surface area contributed by atoms with Gasteiger partial charge >= 0.3 is 5.97 Å². The quantitative estimate of drug-likeness (QED) is 0.659. The van der Waals surface area contributed by atoms with Crippen LogP contribution in [0, 0.1) is 0 Å². The van der Waals surface area contributed by atoms with Gasteiger partial charge in [0.2, 0.25) is 5.91 Å². The first-order valence-electron chi connectivity index (χ1n) is 4.95. The van der Waals surface area contributed by atoms with E-state index >= 15 is 0 Å². The van der Waals surface area contributed by atoms with Crippen molar-refractivity contribution in [3.63, 3.8) is 0 Å². The maximum Gasteiger partial charge on any atom is 0.327 e. The molecular formula is C9H15NO5S. The SMILES string of the molecule is CC(=O)N[C@@H](CS(=O)C1CCOC1)C(=O)O. The van der Waals surface area contributed by atoms with Crippen molar-refractivity contribution < 1.29 is 23.6 Å². The summed E-state index contributed by atoms with van der Waals surface area (Å²) in [6, 6.07) is -1.08. The van der Waals surface area contributed by atoms with Crippen molar-refractivity contribution in [1.29, 1.82) is 0 Å². The molecule has 0 saturated carbocycles. The van der Waals surface area contributed by atoms with E-state index in [2.05, 4.69) is 5.32 Å². The van der Waals surface area contributed by atoms with Crippen LogP contribution in [0.1, 0.15) is 13.3 Å². The molecule has 6 nitrogen and oxygen atoms in total. The number of rotatable bonds is 5. The Balaban J connectivity index is 2.50. The van der Waals surface area contributed by atoms with E-state index in [1.165, 1.54) is 6.92 Å². The molecule has 16 heavy (non-hydrogen) atoms. The predicted molar refractivity (Wildman–Crippen MR) is 57.5 cm³/mol. The zero-order chi connectivity index (χ0) is 12.1. The van der Waals surface area contributed by atoms with E-state index in [4.69, 9.17) is 9.84 Å². The Morgan fingerprint density at radius 1 is 1.62 bits per heavy atom. The lowest BCUT2D eigenvalue weighted by atomic mass is 10.3. The van der Waals surface area contributed by atoms with E-state index in [1.807, 2.05) is 0 Å². The van der Waals surface area contributed by atoms with Gasteiger partial charge < -0.3 is 15.2 Å². The summed E-state index contributed by atoms with van der Waals surface area (Å²) in [5, 5.41) is 11.0. The lowest BCUT2D eigenvalue weighted by molar-refractivity contribution is -0.140. The number of carboxylic acids is 1. The number of amides is 1. The van der Waals surface area contributed by atoms with Crippen LogP contribution in [0.15, 0.2) is 0 Å². The molecule has 1 fully saturated rings. The molecule has 1 aliphatic rings. The highest BCUT2D eigenvalue weighted by molar-refractivity contribution is 7.85. The van der Waals surface area contributed by atoms with Crippen molar-refractivity contribution in [3.05, 3.63) is 0 Å². The van der Waals surface area contributed by atoms with Gasteiger partial charge in [0.15, 0.2) is 0 Å². The van der Waals surface area contributed by atoms with Crippen LogP contribution in [0.3, 0.4) is 0 Å². The highest BCUT2D eigenvalue weighted by Gasteiger charge is 2.28. The van der Waals surface area contributed by atoms with Crippen LogP contribution in [0.25, 0.3) is 0 Å². The molecule has 7 heteroatoms. The lowest BCUT2D eigenvalue weighted by Gasteiger charge is -2.15. The van der Waals surface area contributed by atoms with Crippen LogP contribution in [0.4, 0.5) is 0 Å². The van der Waals surface area contributed by atoms with Crippen LogP contribution >= 0.6 is 0 Å². The van der Waals surface area contributed by atoms with Gasteiger partial charge in [-0.1, -0.05) is 0 Å². The average molecular weight is 249 g/mol. The van der Waals surface area contributed by atoms with Gasteiger partial charge in [0, 0.05) is 24.3 Å². The largest absolute Gasteiger partial charge is 0.480 e. The fraction of sp³-hybridized carbons (Fsp3) is 0.778. The minimum atomic E-state index is -1.28. The number of hydrogen-bond donors (Lipinski definition) is 2. The van der Waals surface area contributed by atoms with E-state index in [0.717, 1.165) is 0 Å². The minimum Gasteiger partial charge on any atom is -0.480 e. The highest BCUT2D eigenvalue weighted by atomic mass is 32.2. The van der Waals surface area contributed by atoms with Gasteiger partial charge in [-0.05, 0) is 6.42 Å². The third kappa shape index (κ3) is 3.90. The number of carbonyl (C=O) groups excluding carboxylic acids is 1. The van der Waals surface area contributed by atoms with Gasteiger partial charge in [0.1, 0.15) is 6.04 Å². The number of ether oxygens (including phenoxy) is 1. The lowest BCUT2D eigenvalue weighted by Crippen LogP contribution is -2.44. The zero-order valence-electron chi connectivity index (χ0n) is 8.97. The number of carbonyl (C=O) groups is 2. The fourth-order valence-electron chi connectivity index (χ4n) is 1.44. The summed E-state index contributed by atoms with van der Waals surface area (Å²) in [4.78, 5) is 21.6. The minimum absolute atomic E-state index is 0.0665. The van der Waals surface area contributed by atoms with E-state index < -0.39 is 28.7 Å². The number of nitrogens with one attached hydrogen (secondary N) is 1. The van der Waals surface area contributed by atoms with Crippen LogP contribution in [0.2, 0.25) is 0 Å². The molecule has 92 valence electrons. The van der Waals surface area contributed by atoms with Crippen molar-refractivity contribution in [2.24, 2.45) is 0 Å². The number of hydrogen-bond acceptors (Lipinski definition) is 4. The molecule has 0 aromatic carbocycles. The van der Waals surface area contributed by atoms with Gasteiger partial charge in [-0.3, -0.25) is 9.00 Å². The third-order valence-corrected chi connectivity index (χ3v) is 4.04. The molecule has 2 unspecified atom stereocenters. The fourth-order valence-corrected chi connectivity index (χ4v) is 2.87. The molecule has 0 spiro atoms. The average Bonchev–Trinajstić information content (AvgIpc) is 2.68. The Hall–Kier alpha value is -0.950. The Morgan fingerprint density at radius 2 is 2.31 bits per heavy atom. The Kier molecular flexibility index (Phi) is 4.88. The molecule has 0 aromatic heterocycles. The van der Waals surface area contributed by atoms with Crippen LogP contribution in [-0.4, -0.2) is 51.5 Å². The normalized spacial score (nSPS) is 23.7.